The van der Waals surface area contributed by atoms with Gasteiger partial charge in [0.1, 0.15) is 6.17 Å². The molecule has 1 amide bonds. The lowest BCUT2D eigenvalue weighted by Gasteiger charge is -2.37. The number of piperazine rings is 1. The minimum absolute atomic E-state index is 0.154. The van der Waals surface area contributed by atoms with Crippen LogP contribution in [0.15, 0.2) is 66.5 Å². The minimum atomic E-state index is 0.154. The fraction of sp³-hybridized carbons (Fsp3) is 0.320. The summed E-state index contributed by atoms with van der Waals surface area (Å²) in [4.78, 5) is 18.5. The zero-order chi connectivity index (χ0) is 22.1. The van der Waals surface area contributed by atoms with E-state index in [0.717, 1.165) is 61.2 Å². The molecule has 7 heteroatoms. The molecule has 3 aliphatic heterocycles. The van der Waals surface area contributed by atoms with E-state index in [1.807, 2.05) is 23.1 Å². The third-order valence-corrected chi connectivity index (χ3v) is 6.66. The molecule has 0 aromatic heterocycles. The normalized spacial score (nSPS) is 21.1. The van der Waals surface area contributed by atoms with Crippen molar-refractivity contribution in [2.75, 3.05) is 39.3 Å². The van der Waals surface area contributed by atoms with Crippen molar-refractivity contribution in [3.63, 3.8) is 0 Å². The molecule has 1 atom stereocenters. The molecule has 32 heavy (non-hydrogen) atoms. The van der Waals surface area contributed by atoms with Gasteiger partial charge >= 0.3 is 0 Å². The van der Waals surface area contributed by atoms with Crippen molar-refractivity contribution >= 4 is 28.9 Å². The molecule has 2 aromatic rings. The number of halogens is 1. The van der Waals surface area contributed by atoms with Crippen LogP contribution in [0.1, 0.15) is 18.1 Å². The molecular weight excluding hydrogens is 422 g/mol. The number of nitrogens with one attached hydrogen (secondary N) is 2. The molecule has 1 unspecified atom stereocenters. The van der Waals surface area contributed by atoms with Crippen LogP contribution in [0.5, 0.6) is 0 Å². The first kappa shape index (κ1) is 20.9. The molecule has 0 aliphatic carbocycles. The van der Waals surface area contributed by atoms with Gasteiger partial charge in [-0.25, -0.2) is 0 Å². The molecule has 0 spiro atoms. The van der Waals surface area contributed by atoms with Gasteiger partial charge in [0.2, 0.25) is 5.91 Å². The predicted octanol–water partition coefficient (Wildman–Crippen LogP) is 3.01. The molecule has 1 saturated heterocycles. The summed E-state index contributed by atoms with van der Waals surface area (Å²) in [6, 6.07) is 18.5. The van der Waals surface area contributed by atoms with Gasteiger partial charge in [-0.1, -0.05) is 54.1 Å². The number of hydrogen-bond donors (Lipinski definition) is 2. The molecule has 0 saturated carbocycles. The summed E-state index contributed by atoms with van der Waals surface area (Å²) in [5.41, 5.74) is 5.84. The summed E-state index contributed by atoms with van der Waals surface area (Å²) in [6.45, 7) is 6.60. The van der Waals surface area contributed by atoms with E-state index in [0.29, 0.717) is 0 Å². The van der Waals surface area contributed by atoms with Crippen LogP contribution in [0.25, 0.3) is 11.4 Å². The number of carbonyl (C=O) groups is 1. The van der Waals surface area contributed by atoms with E-state index in [1.165, 1.54) is 11.3 Å². The topological polar surface area (TPSA) is 50.9 Å². The van der Waals surface area contributed by atoms with Gasteiger partial charge in [0.05, 0.1) is 23.6 Å². The maximum absolute atomic E-state index is 11.7. The monoisotopic (exact) mass is 449 g/mol. The lowest BCUT2D eigenvalue weighted by atomic mass is 10.1. The summed E-state index contributed by atoms with van der Waals surface area (Å²) in [6.07, 6.45) is 2.38. The van der Waals surface area contributed by atoms with Crippen molar-refractivity contribution in [3.05, 3.63) is 82.6 Å². The van der Waals surface area contributed by atoms with E-state index >= 15 is 0 Å². The number of rotatable bonds is 4. The number of carbonyl (C=O) groups excluding carboxylic acids is 1. The molecule has 3 heterocycles. The Balaban J connectivity index is 1.46. The van der Waals surface area contributed by atoms with Crippen molar-refractivity contribution in [2.24, 2.45) is 0 Å². The highest BCUT2D eigenvalue weighted by atomic mass is 35.5. The van der Waals surface area contributed by atoms with Gasteiger partial charge in [0.25, 0.3) is 0 Å². The summed E-state index contributed by atoms with van der Waals surface area (Å²) < 4.78 is 0. The van der Waals surface area contributed by atoms with E-state index in [2.05, 4.69) is 63.0 Å². The molecule has 0 bridgehead atoms. The number of benzene rings is 2. The highest BCUT2D eigenvalue weighted by molar-refractivity contribution is 6.30. The van der Waals surface area contributed by atoms with Gasteiger partial charge in [0, 0.05) is 50.9 Å². The molecule has 6 nitrogen and oxygen atoms in total. The lowest BCUT2D eigenvalue weighted by Crippen LogP contribution is -2.50. The Bertz CT molecular complexity index is 1040. The van der Waals surface area contributed by atoms with Gasteiger partial charge in [-0.2, -0.15) is 0 Å². The molecule has 2 aromatic carbocycles. The van der Waals surface area contributed by atoms with Crippen LogP contribution in [-0.2, 0) is 4.79 Å². The number of hydrogen-bond acceptors (Lipinski definition) is 5. The third kappa shape index (κ3) is 4.20. The van der Waals surface area contributed by atoms with Crippen molar-refractivity contribution in [1.29, 1.82) is 0 Å². The fourth-order valence-electron chi connectivity index (χ4n) is 4.60. The lowest BCUT2D eigenvalue weighted by molar-refractivity contribution is -0.130. The Morgan fingerprint density at radius 2 is 1.72 bits per heavy atom. The van der Waals surface area contributed by atoms with Gasteiger partial charge in [0.15, 0.2) is 0 Å². The van der Waals surface area contributed by atoms with E-state index in [1.54, 1.807) is 6.92 Å². The molecule has 166 valence electrons. The summed E-state index contributed by atoms with van der Waals surface area (Å²) >= 11 is 6.15. The second-order valence-corrected chi connectivity index (χ2v) is 8.90. The SMILES string of the molecule is CC(=O)N1CCN(CC2=C(c3ccc(Cl)cc3)NC3CNC(c4ccccc4)=CN23)CC1. The van der Waals surface area contributed by atoms with Gasteiger partial charge in [-0.15, -0.1) is 0 Å². The Morgan fingerprint density at radius 1 is 1.00 bits per heavy atom. The zero-order valence-electron chi connectivity index (χ0n) is 18.2. The van der Waals surface area contributed by atoms with Crippen LogP contribution in [-0.4, -0.2) is 66.0 Å². The average molecular weight is 450 g/mol. The van der Waals surface area contributed by atoms with Gasteiger partial charge in [-0.3, -0.25) is 9.69 Å². The molecule has 5 rings (SSSR count). The standard InChI is InChI=1S/C25H28ClN5O/c1-18(32)30-13-11-29(12-14-30)17-23-25(20-7-9-21(26)10-8-20)28-24-15-27-22(16-31(23)24)19-5-3-2-4-6-19/h2-10,16,24,27-28H,11-15,17H2,1H3. The van der Waals surface area contributed by atoms with Crippen LogP contribution in [0, 0.1) is 0 Å². The van der Waals surface area contributed by atoms with Crippen LogP contribution < -0.4 is 10.6 Å². The van der Waals surface area contributed by atoms with Gasteiger partial charge < -0.3 is 20.4 Å². The number of amides is 1. The third-order valence-electron chi connectivity index (χ3n) is 6.41. The van der Waals surface area contributed by atoms with Crippen molar-refractivity contribution in [3.8, 4) is 0 Å². The van der Waals surface area contributed by atoms with E-state index in [-0.39, 0.29) is 12.1 Å². The predicted molar refractivity (Wildman–Crippen MR) is 128 cm³/mol. The largest absolute Gasteiger partial charge is 0.379 e. The molecule has 0 radical (unpaired) electrons. The van der Waals surface area contributed by atoms with Crippen LogP contribution in [0.3, 0.4) is 0 Å². The molecule has 1 fully saturated rings. The Labute approximate surface area is 194 Å². The van der Waals surface area contributed by atoms with Crippen molar-refractivity contribution < 1.29 is 4.79 Å². The smallest absolute Gasteiger partial charge is 0.219 e. The summed E-state index contributed by atoms with van der Waals surface area (Å²) in [5, 5.41) is 8.05. The van der Waals surface area contributed by atoms with Crippen molar-refractivity contribution in [1.82, 2.24) is 25.3 Å². The highest BCUT2D eigenvalue weighted by Gasteiger charge is 2.35. The van der Waals surface area contributed by atoms with Crippen LogP contribution in [0.4, 0.5) is 0 Å². The van der Waals surface area contributed by atoms with E-state index in [9.17, 15) is 4.79 Å². The average Bonchev–Trinajstić information content (AvgIpc) is 3.18. The van der Waals surface area contributed by atoms with Gasteiger partial charge in [-0.05, 0) is 23.3 Å². The first-order chi connectivity index (χ1) is 15.6. The Morgan fingerprint density at radius 3 is 2.41 bits per heavy atom. The zero-order valence-corrected chi connectivity index (χ0v) is 19.0. The van der Waals surface area contributed by atoms with Crippen LogP contribution >= 0.6 is 11.6 Å². The number of fused-ring (bicyclic) bond motifs is 1. The maximum atomic E-state index is 11.7. The minimum Gasteiger partial charge on any atom is -0.379 e. The van der Waals surface area contributed by atoms with Crippen LogP contribution in [0.2, 0.25) is 5.02 Å². The highest BCUT2D eigenvalue weighted by Crippen LogP contribution is 2.32. The van der Waals surface area contributed by atoms with E-state index < -0.39 is 0 Å². The Kier molecular flexibility index (Phi) is 5.81. The summed E-state index contributed by atoms with van der Waals surface area (Å²) in [7, 11) is 0. The number of nitrogens with zero attached hydrogens (tertiary/aromatic N) is 3. The second-order valence-electron chi connectivity index (χ2n) is 8.47. The molecule has 3 aliphatic rings. The molecule has 2 N–H and O–H groups in total. The van der Waals surface area contributed by atoms with Crippen molar-refractivity contribution in [2.45, 2.75) is 13.1 Å². The Hall–Kier alpha value is -2.96. The molecular formula is C25H28ClN5O. The first-order valence-corrected chi connectivity index (χ1v) is 11.5. The fourth-order valence-corrected chi connectivity index (χ4v) is 4.73. The first-order valence-electron chi connectivity index (χ1n) is 11.1. The quantitative estimate of drug-likeness (QED) is 0.751. The van der Waals surface area contributed by atoms with E-state index in [4.69, 9.17) is 11.6 Å². The summed E-state index contributed by atoms with van der Waals surface area (Å²) in [5.74, 6) is 0.158. The maximum Gasteiger partial charge on any atom is 0.219 e. The second kappa shape index (κ2) is 8.88.